The number of ether oxygens (including phenoxy) is 1. The number of hydrogen-bond donors (Lipinski definition) is 1. The number of thioether (sulfide) groups is 1. The summed E-state index contributed by atoms with van der Waals surface area (Å²) in [6.07, 6.45) is 0.607. The summed E-state index contributed by atoms with van der Waals surface area (Å²) in [4.78, 5) is 11.9. The number of hydrogen-bond acceptors (Lipinski definition) is 6. The first kappa shape index (κ1) is 16.7. The molecular weight excluding hydrogens is 325 g/mol. The number of amides is 1. The van der Waals surface area contributed by atoms with Gasteiger partial charge in [-0.3, -0.25) is 4.79 Å². The van der Waals surface area contributed by atoms with Gasteiger partial charge in [0, 0.05) is 6.54 Å². The Balaban J connectivity index is 1.62. The van der Waals surface area contributed by atoms with E-state index < -0.39 is 0 Å². The Morgan fingerprint density at radius 3 is 3.05 bits per heavy atom. The predicted molar refractivity (Wildman–Crippen MR) is 84.7 cm³/mol. The van der Waals surface area contributed by atoms with Gasteiger partial charge in [-0.25, -0.2) is 4.39 Å². The number of benzene rings is 1. The topological polar surface area (TPSA) is 64.1 Å². The zero-order valence-electron chi connectivity index (χ0n) is 12.0. The maximum absolute atomic E-state index is 13.3. The minimum Gasteiger partial charge on any atom is -0.490 e. The Kier molecular flexibility index (Phi) is 6.60. The molecule has 2 aromatic rings. The summed E-state index contributed by atoms with van der Waals surface area (Å²) in [5, 5.41) is 10.2. The van der Waals surface area contributed by atoms with Crippen LogP contribution in [-0.4, -0.2) is 34.5 Å². The molecule has 1 aromatic heterocycles. The third-order valence-corrected chi connectivity index (χ3v) is 4.61. The lowest BCUT2D eigenvalue weighted by Gasteiger charge is -2.11. The summed E-state index contributed by atoms with van der Waals surface area (Å²) in [7, 11) is 0. The summed E-state index contributed by atoms with van der Waals surface area (Å²) >= 11 is 2.78. The highest BCUT2D eigenvalue weighted by Gasteiger charge is 2.15. The Labute approximate surface area is 136 Å². The summed E-state index contributed by atoms with van der Waals surface area (Å²) in [5.74, 6) is -0.214. The Hall–Kier alpha value is -1.67. The van der Waals surface area contributed by atoms with Crippen LogP contribution in [-0.2, 0) is 4.79 Å². The van der Waals surface area contributed by atoms with Crippen LogP contribution in [0.5, 0.6) is 5.75 Å². The van der Waals surface area contributed by atoms with E-state index in [0.29, 0.717) is 19.6 Å². The number of halogens is 1. The van der Waals surface area contributed by atoms with Gasteiger partial charge in [0.05, 0.1) is 11.9 Å². The van der Waals surface area contributed by atoms with Crippen LogP contribution in [0.15, 0.2) is 34.1 Å². The number of nitrogens with zero attached hydrogens (tertiary/aromatic N) is 2. The number of rotatable bonds is 8. The smallest absolute Gasteiger partial charge is 0.233 e. The molecule has 1 heterocycles. The van der Waals surface area contributed by atoms with Gasteiger partial charge < -0.3 is 10.1 Å². The van der Waals surface area contributed by atoms with E-state index in [9.17, 15) is 9.18 Å². The van der Waals surface area contributed by atoms with Crippen molar-refractivity contribution < 1.29 is 13.9 Å². The molecule has 0 saturated heterocycles. The maximum atomic E-state index is 13.3. The summed E-state index contributed by atoms with van der Waals surface area (Å²) in [6, 6.07) is 6.25. The van der Waals surface area contributed by atoms with E-state index in [1.165, 1.54) is 29.2 Å². The second kappa shape index (κ2) is 8.70. The molecule has 0 radical (unpaired) electrons. The highest BCUT2D eigenvalue weighted by atomic mass is 32.2. The molecule has 1 N–H and O–H groups in total. The summed E-state index contributed by atoms with van der Waals surface area (Å²) in [5.41, 5.74) is 1.63. The number of carbonyl (C=O) groups excluding carboxylic acids is 1. The zero-order chi connectivity index (χ0) is 15.8. The van der Waals surface area contributed by atoms with E-state index in [4.69, 9.17) is 4.74 Å². The average molecular weight is 341 g/mol. The van der Waals surface area contributed by atoms with Crippen molar-refractivity contribution in [2.45, 2.75) is 22.9 Å². The Bertz CT molecular complexity index is 596. The molecule has 0 aliphatic rings. The molecule has 2 rings (SSSR count). The summed E-state index contributed by atoms with van der Waals surface area (Å²) < 4.78 is 19.4. The molecule has 1 amide bonds. The molecule has 0 aliphatic carbocycles. The predicted octanol–water partition coefficient (Wildman–Crippen LogP) is 2.74. The largest absolute Gasteiger partial charge is 0.490 e. The van der Waals surface area contributed by atoms with E-state index in [2.05, 4.69) is 15.5 Å². The van der Waals surface area contributed by atoms with E-state index in [1.54, 1.807) is 23.7 Å². The Morgan fingerprint density at radius 1 is 1.50 bits per heavy atom. The van der Waals surface area contributed by atoms with Gasteiger partial charge in [-0.1, -0.05) is 35.2 Å². The lowest BCUT2D eigenvalue weighted by Crippen LogP contribution is -2.32. The molecule has 1 atom stereocenters. The van der Waals surface area contributed by atoms with Crippen LogP contribution in [0.3, 0.4) is 0 Å². The fourth-order valence-corrected chi connectivity index (χ4v) is 3.24. The van der Waals surface area contributed by atoms with Gasteiger partial charge in [0.1, 0.15) is 5.51 Å². The fraction of sp³-hybridized carbons (Fsp3) is 0.357. The first-order valence-corrected chi connectivity index (χ1v) is 8.50. The van der Waals surface area contributed by atoms with Crippen LogP contribution in [0.4, 0.5) is 4.39 Å². The molecule has 1 aromatic carbocycles. The quantitative estimate of drug-likeness (QED) is 0.591. The molecule has 0 saturated carbocycles. The number of carbonyl (C=O) groups is 1. The van der Waals surface area contributed by atoms with Gasteiger partial charge in [-0.2, -0.15) is 0 Å². The SMILES string of the molecule is CC(Sc1nncs1)C(=O)NCCCOc1ccccc1F. The maximum Gasteiger partial charge on any atom is 0.233 e. The van der Waals surface area contributed by atoms with Crippen molar-refractivity contribution in [3.63, 3.8) is 0 Å². The normalized spacial score (nSPS) is 11.9. The second-order valence-corrected chi connectivity index (χ2v) is 6.81. The Morgan fingerprint density at radius 2 is 2.32 bits per heavy atom. The lowest BCUT2D eigenvalue weighted by molar-refractivity contribution is -0.120. The van der Waals surface area contributed by atoms with Crippen molar-refractivity contribution in [1.29, 1.82) is 0 Å². The third kappa shape index (κ3) is 5.27. The van der Waals surface area contributed by atoms with E-state index in [0.717, 1.165) is 4.34 Å². The molecule has 22 heavy (non-hydrogen) atoms. The van der Waals surface area contributed by atoms with Crippen LogP contribution < -0.4 is 10.1 Å². The highest BCUT2D eigenvalue weighted by molar-refractivity contribution is 8.02. The molecule has 1 unspecified atom stereocenters. The number of nitrogens with one attached hydrogen (secondary N) is 1. The molecule has 8 heteroatoms. The van der Waals surface area contributed by atoms with Gasteiger partial charge in [-0.15, -0.1) is 10.2 Å². The summed E-state index contributed by atoms with van der Waals surface area (Å²) in [6.45, 7) is 2.64. The van der Waals surface area contributed by atoms with Gasteiger partial charge in [0.15, 0.2) is 15.9 Å². The molecule has 0 bridgehead atoms. The van der Waals surface area contributed by atoms with Gasteiger partial charge >= 0.3 is 0 Å². The van der Waals surface area contributed by atoms with E-state index in [1.807, 2.05) is 6.92 Å². The van der Waals surface area contributed by atoms with Crippen molar-refractivity contribution in [3.8, 4) is 5.75 Å². The minimum absolute atomic E-state index is 0.0638. The van der Waals surface area contributed by atoms with Crippen molar-refractivity contribution in [2.75, 3.05) is 13.2 Å². The van der Waals surface area contributed by atoms with Crippen LogP contribution in [0, 0.1) is 5.82 Å². The first-order chi connectivity index (χ1) is 10.7. The van der Waals surface area contributed by atoms with Crippen molar-refractivity contribution in [1.82, 2.24) is 15.5 Å². The highest BCUT2D eigenvalue weighted by Crippen LogP contribution is 2.23. The van der Waals surface area contributed by atoms with Crippen LogP contribution >= 0.6 is 23.1 Å². The third-order valence-electron chi connectivity index (χ3n) is 2.70. The number of para-hydroxylation sites is 1. The standard InChI is InChI=1S/C14H16FN3O2S2/c1-10(22-14-18-17-9-21-14)13(19)16-7-4-8-20-12-6-3-2-5-11(12)15/h2-3,5-6,9-10H,4,7-8H2,1H3,(H,16,19). The van der Waals surface area contributed by atoms with E-state index >= 15 is 0 Å². The minimum atomic E-state index is -0.381. The van der Waals surface area contributed by atoms with Crippen LogP contribution in [0.2, 0.25) is 0 Å². The van der Waals surface area contributed by atoms with Crippen LogP contribution in [0.25, 0.3) is 0 Å². The zero-order valence-corrected chi connectivity index (χ0v) is 13.6. The van der Waals surface area contributed by atoms with E-state index in [-0.39, 0.29) is 22.7 Å². The monoisotopic (exact) mass is 341 g/mol. The van der Waals surface area contributed by atoms with Gasteiger partial charge in [-0.05, 0) is 25.5 Å². The lowest BCUT2D eigenvalue weighted by atomic mass is 10.3. The molecule has 0 aliphatic heterocycles. The molecule has 0 fully saturated rings. The fourth-order valence-electron chi connectivity index (χ4n) is 1.59. The molecule has 5 nitrogen and oxygen atoms in total. The second-order valence-electron chi connectivity index (χ2n) is 4.39. The molecule has 118 valence electrons. The molecular formula is C14H16FN3O2S2. The van der Waals surface area contributed by atoms with Gasteiger partial charge in [0.25, 0.3) is 0 Å². The van der Waals surface area contributed by atoms with Crippen LogP contribution in [0.1, 0.15) is 13.3 Å². The number of aromatic nitrogens is 2. The van der Waals surface area contributed by atoms with Crippen molar-refractivity contribution in [2.24, 2.45) is 0 Å². The average Bonchev–Trinajstić information content (AvgIpc) is 3.01. The first-order valence-electron chi connectivity index (χ1n) is 6.74. The van der Waals surface area contributed by atoms with Crippen molar-refractivity contribution in [3.05, 3.63) is 35.6 Å². The van der Waals surface area contributed by atoms with Crippen molar-refractivity contribution >= 4 is 29.0 Å². The molecule has 0 spiro atoms. The van der Waals surface area contributed by atoms with Gasteiger partial charge in [0.2, 0.25) is 5.91 Å².